The van der Waals surface area contributed by atoms with Crippen LogP contribution in [0.3, 0.4) is 0 Å². The van der Waals surface area contributed by atoms with Gasteiger partial charge in [-0.25, -0.2) is 15.0 Å². The van der Waals surface area contributed by atoms with Crippen LogP contribution in [-0.4, -0.2) is 40.6 Å². The molecule has 2 aromatic heterocycles. The van der Waals surface area contributed by atoms with E-state index in [1.54, 1.807) is 12.1 Å². The number of hydrogen-bond acceptors (Lipinski definition) is 7. The second kappa shape index (κ2) is 9.97. The van der Waals surface area contributed by atoms with Crippen LogP contribution >= 0.6 is 22.9 Å². The number of anilines is 2. The maximum Gasteiger partial charge on any atom is 0.387 e. The molecule has 1 N–H and O–H groups in total. The van der Waals surface area contributed by atoms with E-state index in [-0.39, 0.29) is 16.5 Å². The van der Waals surface area contributed by atoms with E-state index in [0.29, 0.717) is 35.4 Å². The Hall–Kier alpha value is -2.85. The Kier molecular flexibility index (Phi) is 7.34. The van der Waals surface area contributed by atoms with Crippen LogP contribution in [0.5, 0.6) is 5.75 Å². The molecule has 0 bridgehead atoms. The highest BCUT2D eigenvalue weighted by atomic mass is 35.5. The second-order valence-corrected chi connectivity index (χ2v) is 7.93. The SMILES string of the molecule is CCN(CC)c1ncc(Cl)c(C(=O)Nc2nc(-c3ccc(OC(F)F)cc3)c(C)s2)n1. The Morgan fingerprint density at radius 1 is 1.23 bits per heavy atom. The monoisotopic (exact) mass is 467 g/mol. The van der Waals surface area contributed by atoms with Gasteiger partial charge in [0.2, 0.25) is 5.95 Å². The van der Waals surface area contributed by atoms with Gasteiger partial charge in [-0.3, -0.25) is 10.1 Å². The van der Waals surface area contributed by atoms with Crippen LogP contribution in [0.15, 0.2) is 30.5 Å². The van der Waals surface area contributed by atoms with Crippen molar-refractivity contribution >= 4 is 39.9 Å². The Bertz CT molecular complexity index is 1060. The third kappa shape index (κ3) is 5.45. The quantitative estimate of drug-likeness (QED) is 0.486. The summed E-state index contributed by atoms with van der Waals surface area (Å²) in [7, 11) is 0. The molecule has 3 aromatic rings. The van der Waals surface area contributed by atoms with E-state index in [0.717, 1.165) is 4.88 Å². The molecule has 1 aromatic carbocycles. The van der Waals surface area contributed by atoms with E-state index < -0.39 is 12.5 Å². The van der Waals surface area contributed by atoms with E-state index in [1.165, 1.54) is 29.7 Å². The van der Waals surface area contributed by atoms with Gasteiger partial charge >= 0.3 is 6.61 Å². The van der Waals surface area contributed by atoms with E-state index in [1.807, 2.05) is 25.7 Å². The molecular weight excluding hydrogens is 448 g/mol. The molecule has 0 spiro atoms. The minimum Gasteiger partial charge on any atom is -0.435 e. The number of nitrogens with one attached hydrogen (secondary N) is 1. The first kappa shape index (κ1) is 22.8. The molecule has 0 saturated carbocycles. The molecule has 31 heavy (non-hydrogen) atoms. The third-order valence-corrected chi connectivity index (χ3v) is 5.53. The van der Waals surface area contributed by atoms with E-state index in [9.17, 15) is 13.6 Å². The van der Waals surface area contributed by atoms with Gasteiger partial charge in [-0.2, -0.15) is 8.78 Å². The number of benzene rings is 1. The summed E-state index contributed by atoms with van der Waals surface area (Å²) in [6.07, 6.45) is 1.40. The minimum atomic E-state index is -2.88. The summed E-state index contributed by atoms with van der Waals surface area (Å²) in [6, 6.07) is 6.13. The van der Waals surface area contributed by atoms with Crippen molar-refractivity contribution in [3.05, 3.63) is 46.1 Å². The summed E-state index contributed by atoms with van der Waals surface area (Å²) in [5.74, 6) is -0.0222. The maximum absolute atomic E-state index is 12.8. The summed E-state index contributed by atoms with van der Waals surface area (Å²) in [4.78, 5) is 28.5. The van der Waals surface area contributed by atoms with E-state index >= 15 is 0 Å². The third-order valence-electron chi connectivity index (χ3n) is 4.36. The molecule has 0 aliphatic rings. The molecule has 0 unspecified atom stereocenters. The standard InChI is InChI=1S/C20H20ClF2N5O2S/c1-4-28(5-2)19-24-10-14(21)16(25-19)17(29)27-20-26-15(11(3)31-20)12-6-8-13(9-7-12)30-18(22)23/h6-10,18H,4-5H2,1-3H3,(H,26,27,29). The molecule has 0 fully saturated rings. The first-order valence-corrected chi connectivity index (χ1v) is 10.6. The fourth-order valence-electron chi connectivity index (χ4n) is 2.84. The number of aryl methyl sites for hydroxylation is 1. The van der Waals surface area contributed by atoms with Gasteiger partial charge in [0.05, 0.1) is 16.9 Å². The van der Waals surface area contributed by atoms with Crippen LogP contribution in [0, 0.1) is 6.92 Å². The molecule has 0 atom stereocenters. The lowest BCUT2D eigenvalue weighted by Gasteiger charge is -2.18. The van der Waals surface area contributed by atoms with Crippen molar-refractivity contribution in [3.8, 4) is 17.0 Å². The number of rotatable bonds is 8. The summed E-state index contributed by atoms with van der Waals surface area (Å²) < 4.78 is 29.0. The fourth-order valence-corrected chi connectivity index (χ4v) is 3.85. The molecule has 0 saturated heterocycles. The predicted molar refractivity (Wildman–Crippen MR) is 117 cm³/mol. The zero-order valence-corrected chi connectivity index (χ0v) is 18.6. The highest BCUT2D eigenvalue weighted by Gasteiger charge is 2.19. The zero-order chi connectivity index (χ0) is 22.5. The fraction of sp³-hybridized carbons (Fsp3) is 0.300. The van der Waals surface area contributed by atoms with Crippen LogP contribution < -0.4 is 15.0 Å². The number of ether oxygens (including phenoxy) is 1. The summed E-state index contributed by atoms with van der Waals surface area (Å²) in [6.45, 7) is 4.28. The van der Waals surface area contributed by atoms with Gasteiger partial charge < -0.3 is 9.64 Å². The molecule has 2 heterocycles. The molecule has 164 valence electrons. The lowest BCUT2D eigenvalue weighted by molar-refractivity contribution is -0.0498. The Morgan fingerprint density at radius 3 is 2.52 bits per heavy atom. The van der Waals surface area contributed by atoms with Crippen LogP contribution in [-0.2, 0) is 0 Å². The number of thiazole rings is 1. The average Bonchev–Trinajstić information content (AvgIpc) is 3.10. The topological polar surface area (TPSA) is 80.2 Å². The van der Waals surface area contributed by atoms with Crippen LogP contribution in [0.1, 0.15) is 29.2 Å². The predicted octanol–water partition coefficient (Wildman–Crippen LogP) is 5.26. The van der Waals surface area contributed by atoms with Crippen molar-refractivity contribution in [2.75, 3.05) is 23.3 Å². The maximum atomic E-state index is 12.8. The Labute approximate surface area is 187 Å². The molecule has 7 nitrogen and oxygen atoms in total. The number of carbonyl (C=O) groups is 1. The lowest BCUT2D eigenvalue weighted by atomic mass is 10.1. The number of amides is 1. The first-order valence-electron chi connectivity index (χ1n) is 9.43. The van der Waals surface area contributed by atoms with Gasteiger partial charge in [0.15, 0.2) is 10.8 Å². The number of hydrogen-bond donors (Lipinski definition) is 1. The number of nitrogens with zero attached hydrogens (tertiary/aromatic N) is 4. The summed E-state index contributed by atoms with van der Waals surface area (Å²) >= 11 is 7.43. The van der Waals surface area contributed by atoms with Gasteiger partial charge in [0.25, 0.3) is 5.91 Å². The van der Waals surface area contributed by atoms with Crippen LogP contribution in [0.2, 0.25) is 5.02 Å². The van der Waals surface area contributed by atoms with Crippen molar-refractivity contribution in [2.45, 2.75) is 27.4 Å². The molecular formula is C20H20ClF2N5O2S. The average molecular weight is 468 g/mol. The normalized spacial score (nSPS) is 10.9. The van der Waals surface area contributed by atoms with Gasteiger partial charge in [-0.1, -0.05) is 11.6 Å². The van der Waals surface area contributed by atoms with Gasteiger partial charge in [-0.05, 0) is 45.0 Å². The molecule has 0 aliphatic carbocycles. The Balaban J connectivity index is 1.80. The largest absolute Gasteiger partial charge is 0.435 e. The number of aromatic nitrogens is 3. The van der Waals surface area contributed by atoms with E-state index in [4.69, 9.17) is 11.6 Å². The number of carbonyl (C=O) groups excluding carboxylic acids is 1. The van der Waals surface area contributed by atoms with Crippen molar-refractivity contribution in [3.63, 3.8) is 0 Å². The van der Waals surface area contributed by atoms with Crippen molar-refractivity contribution in [2.24, 2.45) is 0 Å². The molecule has 11 heteroatoms. The lowest BCUT2D eigenvalue weighted by Crippen LogP contribution is -2.25. The van der Waals surface area contributed by atoms with Crippen molar-refractivity contribution < 1.29 is 18.3 Å². The highest BCUT2D eigenvalue weighted by molar-refractivity contribution is 7.16. The van der Waals surface area contributed by atoms with Gasteiger partial charge in [0, 0.05) is 23.5 Å². The molecule has 0 aliphatic heterocycles. The van der Waals surface area contributed by atoms with Gasteiger partial charge in [-0.15, -0.1) is 11.3 Å². The van der Waals surface area contributed by atoms with Crippen molar-refractivity contribution in [1.82, 2.24) is 15.0 Å². The first-order chi connectivity index (χ1) is 14.8. The number of alkyl halides is 2. The zero-order valence-electron chi connectivity index (χ0n) is 17.0. The number of halogens is 3. The summed E-state index contributed by atoms with van der Waals surface area (Å²) in [5, 5.41) is 3.22. The van der Waals surface area contributed by atoms with Crippen LogP contribution in [0.4, 0.5) is 19.9 Å². The highest BCUT2D eigenvalue weighted by Crippen LogP contribution is 2.32. The molecule has 1 amide bonds. The van der Waals surface area contributed by atoms with Crippen molar-refractivity contribution in [1.29, 1.82) is 0 Å². The van der Waals surface area contributed by atoms with E-state index in [2.05, 4.69) is 25.0 Å². The molecule has 0 radical (unpaired) electrons. The molecule has 3 rings (SSSR count). The smallest absolute Gasteiger partial charge is 0.387 e. The van der Waals surface area contributed by atoms with Crippen LogP contribution in [0.25, 0.3) is 11.3 Å². The Morgan fingerprint density at radius 2 is 1.90 bits per heavy atom. The summed E-state index contributed by atoms with van der Waals surface area (Å²) in [5.41, 5.74) is 1.39. The minimum absolute atomic E-state index is 0.0569. The van der Waals surface area contributed by atoms with Gasteiger partial charge in [0.1, 0.15) is 5.75 Å². The second-order valence-electron chi connectivity index (χ2n) is 6.32.